The molecular weight excluding hydrogens is 2120 g/mol. The van der Waals surface area contributed by atoms with Crippen LogP contribution >= 0.6 is 136 Å². The lowest BCUT2D eigenvalue weighted by molar-refractivity contribution is 0.412. The number of halogens is 5. The van der Waals surface area contributed by atoms with Gasteiger partial charge in [0.05, 0.1) is 143 Å². The molecule has 0 saturated carbocycles. The van der Waals surface area contributed by atoms with Crippen molar-refractivity contribution in [1.82, 2.24) is 72.7 Å². The molecule has 0 aliphatic carbocycles. The van der Waals surface area contributed by atoms with Gasteiger partial charge in [0.2, 0.25) is 0 Å². The Kier molecular flexibility index (Phi) is 34.8. The summed E-state index contributed by atoms with van der Waals surface area (Å²) in [6.45, 7) is 0. The van der Waals surface area contributed by atoms with Crippen molar-refractivity contribution in [3.63, 3.8) is 0 Å². The van der Waals surface area contributed by atoms with E-state index in [9.17, 15) is 24.0 Å². The summed E-state index contributed by atoms with van der Waals surface area (Å²) in [6, 6.07) is 38.5. The Balaban J connectivity index is 0.000000185. The van der Waals surface area contributed by atoms with Crippen molar-refractivity contribution in [3.8, 4) is 57.2 Å². The van der Waals surface area contributed by atoms with Crippen molar-refractivity contribution in [2.75, 3.05) is 105 Å². The molecule has 20 rings (SSSR count). The molecule has 20 aromatic rings. The van der Waals surface area contributed by atoms with Crippen molar-refractivity contribution in [2.24, 2.45) is 0 Å². The third-order valence-corrected chi connectivity index (χ3v) is 28.4. The number of nitrogens with zero attached hydrogens (tertiary/aromatic N) is 18. The first-order valence-corrected chi connectivity index (χ1v) is 45.7. The molecule has 0 unspecified atom stereocenters. The van der Waals surface area contributed by atoms with Gasteiger partial charge in [-0.1, -0.05) is 52.0 Å². The molecule has 133 heavy (non-hydrogen) atoms. The van der Waals surface area contributed by atoms with Crippen LogP contribution in [-0.2, 0) is 0 Å². The predicted molar refractivity (Wildman–Crippen MR) is 573 cm³/mol. The summed E-state index contributed by atoms with van der Waals surface area (Å²) in [5, 5.41) is 7.59. The first-order valence-electron chi connectivity index (χ1n) is 37.7. The van der Waals surface area contributed by atoms with Crippen LogP contribution < -0.4 is 71.5 Å². The molecule has 0 atom stereocenters. The van der Waals surface area contributed by atoms with Crippen molar-refractivity contribution in [3.05, 3.63) is 264 Å². The van der Waals surface area contributed by atoms with E-state index in [0.29, 0.717) is 62.5 Å². The number of benzene rings is 5. The SMILES string of the molecule is C.C.C.C.C.C.C.CNc1c(Br)cnc2sc3c(=O)n(-c4ccc(OC)cc4)cnc3c12.COc1ccc(-n2cnc3c(sc4ncc(Br)c(N(C)C)c43)c2=O)cc1.COc1ccc(-n2cnc3c(sc4ncc(Br)c(N(C)C)c43)c2=O)cc1Br.COc1ccc(-n2cnc3c(sc4nccc(Br)c43)c2=O)cc1.COc1ccc(-n2cnc3c(sc4nccc(N(C)C)c43)c2=O)cc1. The second kappa shape index (κ2) is 44.2. The standard InChI is InChI=1S/C18H14Br2N4O2S.C18H15BrN4O2S.C18H16N4O2S.C17H13BrN4O2S.C16H10BrN3O2S.7CH4/c1-23(2)15-11(20)7-21-17-13(15)14-16(27-17)18(25)24(8-22-14)9-4-5-12(26-3)10(19)6-9;1-22(2)15-12(19)8-20-17-13(15)14-16(26-17)18(24)23(9-21-14)10-4-6-11(25-3)7-5-10;1-21(2)13-8-9-19-17-14(13)15-16(25-17)18(23)22(10-20-15)11-4-6-12(24-3)7-5-11;1-19-13-11(18)7-20-16-12(13)14-15(25-16)17(23)22(8-21-14)9-3-5-10(24-2)6-4-9;1-22-10-4-2-9(3-5-10)20-8-19-13-12-11(17)6-7-18-15(12)23-14(13)16(20)21;;;;;;;/h4-8H,1-3H3;4-9H,1-3H3;4-10H,1-3H3;3-8H,1-2H3,(H,19,20);2-8H,1H3;7*1H4. The van der Waals surface area contributed by atoms with Gasteiger partial charge in [0.25, 0.3) is 27.8 Å². The van der Waals surface area contributed by atoms with E-state index < -0.39 is 0 Å². The molecule has 0 aliphatic heterocycles. The lowest BCUT2D eigenvalue weighted by Crippen LogP contribution is -2.18. The minimum Gasteiger partial charge on any atom is -0.497 e. The number of anilines is 4. The van der Waals surface area contributed by atoms with Crippen LogP contribution in [0.3, 0.4) is 0 Å². The molecule has 0 radical (unpaired) electrons. The maximum Gasteiger partial charge on any atom is 0.275 e. The molecule has 15 aromatic heterocycles. The summed E-state index contributed by atoms with van der Waals surface area (Å²) in [6.07, 6.45) is 16.5. The van der Waals surface area contributed by atoms with E-state index in [1.54, 1.807) is 107 Å². The van der Waals surface area contributed by atoms with Crippen LogP contribution in [0.25, 0.3) is 131 Å². The van der Waals surface area contributed by atoms with Crippen molar-refractivity contribution in [2.45, 2.75) is 52.0 Å². The highest BCUT2D eigenvalue weighted by atomic mass is 79.9. The number of hydrogen-bond acceptors (Lipinski definition) is 29. The average Bonchev–Trinajstić information content (AvgIpc) is 1.60. The number of ether oxygens (including phenoxy) is 5. The number of aromatic nitrogens is 15. The van der Waals surface area contributed by atoms with Crippen LogP contribution in [-0.4, -0.2) is 158 Å². The van der Waals surface area contributed by atoms with Crippen molar-refractivity contribution >= 4 is 261 Å². The van der Waals surface area contributed by atoms with E-state index in [1.807, 2.05) is 191 Å². The summed E-state index contributed by atoms with van der Waals surface area (Å²) in [7, 11) is 21.6. The quantitative estimate of drug-likeness (QED) is 0.106. The molecule has 29 nitrogen and oxygen atoms in total. The monoisotopic (exact) mass is 2210 g/mol. The molecule has 15 heterocycles. The number of rotatable bonds is 14. The zero-order valence-electron chi connectivity index (χ0n) is 68.5. The van der Waals surface area contributed by atoms with Crippen LogP contribution in [0.5, 0.6) is 28.7 Å². The van der Waals surface area contributed by atoms with Crippen LogP contribution in [0.2, 0.25) is 0 Å². The number of pyridine rings is 5. The molecule has 0 saturated heterocycles. The minimum absolute atomic E-state index is 0. The second-order valence-corrected chi connectivity index (χ2v) is 37.2. The summed E-state index contributed by atoms with van der Waals surface area (Å²) in [4.78, 5) is 120. The Bertz CT molecular complexity index is 7960. The maximum atomic E-state index is 13.2. The maximum absolute atomic E-state index is 13.2. The first-order chi connectivity index (χ1) is 60.8. The topological polar surface area (TPSA) is 307 Å². The van der Waals surface area contributed by atoms with Crippen LogP contribution in [0.15, 0.2) is 236 Å². The minimum atomic E-state index is -0.124. The molecule has 0 amide bonds. The fraction of sp³-hybridized carbons (Fsp3) is 0.202. The highest BCUT2D eigenvalue weighted by Crippen LogP contribution is 2.44. The Labute approximate surface area is 828 Å². The number of fused-ring (bicyclic) bond motifs is 15. The smallest absolute Gasteiger partial charge is 0.275 e. The zero-order chi connectivity index (χ0) is 88.8. The number of hydrogen-bond donors (Lipinski definition) is 1. The fourth-order valence-electron chi connectivity index (χ4n) is 13.9. The zero-order valence-corrected chi connectivity index (χ0v) is 80.5. The van der Waals surface area contributed by atoms with E-state index >= 15 is 0 Å². The summed E-state index contributed by atoms with van der Waals surface area (Å²) < 4.78 is 40.8. The van der Waals surface area contributed by atoms with Crippen molar-refractivity contribution < 1.29 is 23.7 Å². The van der Waals surface area contributed by atoms with Gasteiger partial charge in [-0.3, -0.25) is 46.8 Å². The van der Waals surface area contributed by atoms with Gasteiger partial charge in [0.1, 0.15) is 125 Å². The summed E-state index contributed by atoms with van der Waals surface area (Å²) in [5.41, 5.74) is 10.3. The highest BCUT2D eigenvalue weighted by Gasteiger charge is 2.25. The van der Waals surface area contributed by atoms with E-state index in [-0.39, 0.29) is 79.8 Å². The van der Waals surface area contributed by atoms with Gasteiger partial charge in [-0.05, 0) is 207 Å². The molecule has 0 fully saturated rings. The normalized spacial score (nSPS) is 10.6. The van der Waals surface area contributed by atoms with Gasteiger partial charge in [-0.15, -0.1) is 56.7 Å². The number of thiophene rings is 5. The first kappa shape index (κ1) is 105. The molecule has 0 bridgehead atoms. The van der Waals surface area contributed by atoms with Gasteiger partial charge < -0.3 is 43.7 Å². The highest BCUT2D eigenvalue weighted by molar-refractivity contribution is 9.11. The predicted octanol–water partition coefficient (Wildman–Crippen LogP) is 23.5. The van der Waals surface area contributed by atoms with E-state index in [2.05, 4.69) is 135 Å². The molecule has 5 aromatic carbocycles. The summed E-state index contributed by atoms with van der Waals surface area (Å²) >= 11 is 24.4. The van der Waals surface area contributed by atoms with Crippen molar-refractivity contribution in [1.29, 1.82) is 0 Å². The van der Waals surface area contributed by atoms with Crippen LogP contribution in [0.4, 0.5) is 22.7 Å². The molecule has 0 aliphatic rings. The fourth-order valence-corrected chi connectivity index (χ4v) is 22.1. The van der Waals surface area contributed by atoms with Gasteiger partial charge in [0.15, 0.2) is 0 Å². The third-order valence-electron chi connectivity index (χ3n) is 20.0. The Morgan fingerprint density at radius 2 is 0.586 bits per heavy atom. The van der Waals surface area contributed by atoms with Gasteiger partial charge in [-0.2, -0.15) is 0 Å². The molecule has 0 spiro atoms. The average molecular weight is 2210 g/mol. The Hall–Kier alpha value is -12.1. The second-order valence-electron chi connectivity index (χ2n) is 28.0. The van der Waals surface area contributed by atoms with Gasteiger partial charge >= 0.3 is 0 Å². The number of methoxy groups -OCH3 is 5. The van der Waals surface area contributed by atoms with E-state index in [4.69, 9.17) is 23.7 Å². The third kappa shape index (κ3) is 20.0. The van der Waals surface area contributed by atoms with Crippen LogP contribution in [0, 0.1) is 0 Å². The molecule has 1 N–H and O–H groups in total. The largest absolute Gasteiger partial charge is 0.497 e. The Morgan fingerprint density at radius 3 is 0.902 bits per heavy atom. The van der Waals surface area contributed by atoms with E-state index in [0.717, 1.165) is 142 Å². The van der Waals surface area contributed by atoms with Crippen LogP contribution in [0.1, 0.15) is 52.0 Å². The van der Waals surface area contributed by atoms with Gasteiger partial charge in [-0.25, -0.2) is 49.8 Å². The number of nitrogens with one attached hydrogen (secondary N) is 1. The van der Waals surface area contributed by atoms with Gasteiger partial charge in [0, 0.05) is 84.8 Å². The lowest BCUT2D eigenvalue weighted by atomic mass is 10.2. The molecule has 692 valence electrons. The lowest BCUT2D eigenvalue weighted by Gasteiger charge is -2.15. The molecule has 39 heteroatoms. The van der Waals surface area contributed by atoms with E-state index in [1.165, 1.54) is 70.4 Å². The Morgan fingerprint density at radius 1 is 0.301 bits per heavy atom. The summed E-state index contributed by atoms with van der Waals surface area (Å²) in [5.74, 6) is 3.66. The molecular formula is C94H96Br5N19O10S5.